The molecule has 0 heterocycles. The van der Waals surface area contributed by atoms with Crippen molar-refractivity contribution in [3.8, 4) is 0 Å². The van der Waals surface area contributed by atoms with Crippen LogP contribution in [0.4, 0.5) is 0 Å². The van der Waals surface area contributed by atoms with E-state index < -0.39 is 0 Å². The number of hydrogen-bond donors (Lipinski definition) is 1. The molecule has 0 spiro atoms. The number of rotatable bonds is 4. The smallest absolute Gasteiger partial charge is 0.0870 e. The predicted octanol–water partition coefficient (Wildman–Crippen LogP) is 2.02. The first-order chi connectivity index (χ1) is 6.99. The zero-order valence-electron chi connectivity index (χ0n) is 9.58. The molecule has 0 aliphatic carbocycles. The van der Waals surface area contributed by atoms with Gasteiger partial charge in [-0.2, -0.15) is 0 Å². The highest BCUT2D eigenvalue weighted by Crippen LogP contribution is 2.11. The van der Waals surface area contributed by atoms with Gasteiger partial charge in [0.2, 0.25) is 0 Å². The third-order valence-corrected chi connectivity index (χ3v) is 2.58. The highest BCUT2D eigenvalue weighted by Gasteiger charge is 2.02. The largest absolute Gasteiger partial charge is 0.392 e. The van der Waals surface area contributed by atoms with Crippen molar-refractivity contribution in [3.63, 3.8) is 0 Å². The molecule has 0 unspecified atom stereocenters. The van der Waals surface area contributed by atoms with Crippen LogP contribution in [0.2, 0.25) is 0 Å². The second kappa shape index (κ2) is 5.24. The van der Waals surface area contributed by atoms with Gasteiger partial charge in [0.05, 0.1) is 4.99 Å². The zero-order chi connectivity index (χ0) is 11.4. The number of likely N-dealkylation sites (N-methyl/N-ethyl adjacent to an activating group) is 1. The van der Waals surface area contributed by atoms with Crippen LogP contribution in [0.1, 0.15) is 16.7 Å². The van der Waals surface area contributed by atoms with Gasteiger partial charge in [-0.1, -0.05) is 30.4 Å². The summed E-state index contributed by atoms with van der Waals surface area (Å²) in [4.78, 5) is 2.66. The summed E-state index contributed by atoms with van der Waals surface area (Å²) in [5.41, 5.74) is 9.45. The molecule has 0 saturated heterocycles. The van der Waals surface area contributed by atoms with Crippen LogP contribution in [-0.2, 0) is 6.54 Å². The first-order valence-electron chi connectivity index (χ1n) is 5.02. The number of nitrogens with zero attached hydrogens (tertiary/aromatic N) is 1. The first-order valence-corrected chi connectivity index (χ1v) is 5.43. The Balaban J connectivity index is 2.64. The van der Waals surface area contributed by atoms with Crippen molar-refractivity contribution in [2.75, 3.05) is 13.6 Å². The van der Waals surface area contributed by atoms with Crippen LogP contribution in [0.5, 0.6) is 0 Å². The third-order valence-electron chi connectivity index (χ3n) is 2.45. The highest BCUT2D eigenvalue weighted by molar-refractivity contribution is 7.80. The normalized spacial score (nSPS) is 10.7. The SMILES string of the molecule is Cc1ccc(CN(C)CC(N)=S)cc1C. The molecule has 0 bridgehead atoms. The summed E-state index contributed by atoms with van der Waals surface area (Å²) in [6, 6.07) is 6.52. The van der Waals surface area contributed by atoms with E-state index >= 15 is 0 Å². The molecule has 0 amide bonds. The number of aryl methyl sites for hydroxylation is 2. The van der Waals surface area contributed by atoms with E-state index in [0.29, 0.717) is 11.5 Å². The summed E-state index contributed by atoms with van der Waals surface area (Å²) in [5, 5.41) is 0. The predicted molar refractivity (Wildman–Crippen MR) is 69.0 cm³/mol. The van der Waals surface area contributed by atoms with Gasteiger partial charge in [0.25, 0.3) is 0 Å². The van der Waals surface area contributed by atoms with Crippen LogP contribution in [0.15, 0.2) is 18.2 Å². The van der Waals surface area contributed by atoms with Crippen LogP contribution >= 0.6 is 12.2 Å². The number of thiocarbonyl (C=S) groups is 1. The molecule has 0 radical (unpaired) electrons. The standard InChI is InChI=1S/C12H18N2S/c1-9-4-5-11(6-10(9)2)7-14(3)8-12(13)15/h4-6H,7-8H2,1-3H3,(H2,13,15). The molecule has 0 fully saturated rings. The van der Waals surface area contributed by atoms with E-state index in [9.17, 15) is 0 Å². The lowest BCUT2D eigenvalue weighted by Gasteiger charge is -2.16. The molecule has 0 atom stereocenters. The van der Waals surface area contributed by atoms with Crippen LogP contribution in [-0.4, -0.2) is 23.5 Å². The Bertz CT molecular complexity index is 361. The van der Waals surface area contributed by atoms with E-state index in [0.717, 1.165) is 6.54 Å². The Morgan fingerprint density at radius 2 is 2.00 bits per heavy atom. The number of nitrogens with two attached hydrogens (primary N) is 1. The molecule has 0 aromatic heterocycles. The highest BCUT2D eigenvalue weighted by atomic mass is 32.1. The van der Waals surface area contributed by atoms with Crippen LogP contribution in [0.3, 0.4) is 0 Å². The Hall–Kier alpha value is -0.930. The van der Waals surface area contributed by atoms with Gasteiger partial charge >= 0.3 is 0 Å². The van der Waals surface area contributed by atoms with E-state index in [2.05, 4.69) is 36.9 Å². The molecular weight excluding hydrogens is 204 g/mol. The topological polar surface area (TPSA) is 29.3 Å². The van der Waals surface area contributed by atoms with E-state index in [1.165, 1.54) is 16.7 Å². The fourth-order valence-electron chi connectivity index (χ4n) is 1.54. The lowest BCUT2D eigenvalue weighted by molar-refractivity contribution is 0.374. The third kappa shape index (κ3) is 3.98. The fraction of sp³-hybridized carbons (Fsp3) is 0.417. The van der Waals surface area contributed by atoms with E-state index in [4.69, 9.17) is 18.0 Å². The molecule has 0 saturated carbocycles. The number of hydrogen-bond acceptors (Lipinski definition) is 2. The van der Waals surface area contributed by atoms with Crippen molar-refractivity contribution in [3.05, 3.63) is 34.9 Å². The summed E-state index contributed by atoms with van der Waals surface area (Å²) < 4.78 is 0. The summed E-state index contributed by atoms with van der Waals surface area (Å²) in [7, 11) is 2.02. The fourth-order valence-corrected chi connectivity index (χ4v) is 1.76. The monoisotopic (exact) mass is 222 g/mol. The average Bonchev–Trinajstić information content (AvgIpc) is 2.10. The van der Waals surface area contributed by atoms with Gasteiger partial charge < -0.3 is 5.73 Å². The zero-order valence-corrected chi connectivity index (χ0v) is 10.4. The quantitative estimate of drug-likeness (QED) is 0.790. The molecule has 1 aromatic rings. The minimum Gasteiger partial charge on any atom is -0.392 e. The molecule has 0 aliphatic heterocycles. The second-order valence-electron chi connectivity index (χ2n) is 4.06. The van der Waals surface area contributed by atoms with Gasteiger partial charge in [-0.15, -0.1) is 0 Å². The summed E-state index contributed by atoms with van der Waals surface area (Å²) in [5.74, 6) is 0. The van der Waals surface area contributed by atoms with Crippen molar-refractivity contribution in [1.82, 2.24) is 4.90 Å². The van der Waals surface area contributed by atoms with Crippen LogP contribution in [0.25, 0.3) is 0 Å². The minimum absolute atomic E-state index is 0.543. The second-order valence-corrected chi connectivity index (χ2v) is 4.58. The summed E-state index contributed by atoms with van der Waals surface area (Å²) >= 11 is 4.87. The minimum atomic E-state index is 0.543. The van der Waals surface area contributed by atoms with E-state index in [1.54, 1.807) is 0 Å². The molecular formula is C12H18N2S. The van der Waals surface area contributed by atoms with Gasteiger partial charge in [-0.25, -0.2) is 0 Å². The lowest BCUT2D eigenvalue weighted by atomic mass is 10.1. The Labute approximate surface area is 97.1 Å². The van der Waals surface area contributed by atoms with Gasteiger partial charge in [-0.05, 0) is 37.6 Å². The molecule has 0 aliphatic rings. The lowest BCUT2D eigenvalue weighted by Crippen LogP contribution is -2.28. The molecule has 82 valence electrons. The first kappa shape index (κ1) is 12.1. The molecule has 3 heteroatoms. The summed E-state index contributed by atoms with van der Waals surface area (Å²) in [6.45, 7) is 5.81. The van der Waals surface area contributed by atoms with Crippen molar-refractivity contribution >= 4 is 17.2 Å². The van der Waals surface area contributed by atoms with Crippen LogP contribution < -0.4 is 5.73 Å². The van der Waals surface area contributed by atoms with Gasteiger partial charge in [-0.3, -0.25) is 4.90 Å². The van der Waals surface area contributed by atoms with Gasteiger partial charge in [0, 0.05) is 13.1 Å². The Morgan fingerprint density at radius 3 is 2.53 bits per heavy atom. The molecule has 2 N–H and O–H groups in total. The summed E-state index contributed by atoms with van der Waals surface area (Å²) in [6.07, 6.45) is 0. The van der Waals surface area contributed by atoms with Crippen molar-refractivity contribution in [2.24, 2.45) is 5.73 Å². The number of benzene rings is 1. The maximum atomic E-state index is 5.49. The molecule has 1 aromatic carbocycles. The molecule has 1 rings (SSSR count). The van der Waals surface area contributed by atoms with E-state index in [1.807, 2.05) is 7.05 Å². The van der Waals surface area contributed by atoms with Gasteiger partial charge in [0.1, 0.15) is 0 Å². The average molecular weight is 222 g/mol. The van der Waals surface area contributed by atoms with Crippen molar-refractivity contribution in [1.29, 1.82) is 0 Å². The van der Waals surface area contributed by atoms with Crippen molar-refractivity contribution < 1.29 is 0 Å². The molecule has 15 heavy (non-hydrogen) atoms. The Kier molecular flexibility index (Phi) is 4.24. The van der Waals surface area contributed by atoms with Crippen LogP contribution in [0, 0.1) is 13.8 Å². The maximum absolute atomic E-state index is 5.49. The maximum Gasteiger partial charge on any atom is 0.0870 e. The van der Waals surface area contributed by atoms with E-state index in [-0.39, 0.29) is 0 Å². The molecule has 2 nitrogen and oxygen atoms in total. The van der Waals surface area contributed by atoms with Gasteiger partial charge in [0.15, 0.2) is 0 Å². The van der Waals surface area contributed by atoms with Crippen molar-refractivity contribution in [2.45, 2.75) is 20.4 Å². The Morgan fingerprint density at radius 1 is 1.33 bits per heavy atom.